The monoisotopic (exact) mass is 295 g/mol. The summed E-state index contributed by atoms with van der Waals surface area (Å²) in [6.07, 6.45) is 0.221. The van der Waals surface area contributed by atoms with Gasteiger partial charge in [0.05, 0.1) is 6.42 Å². The summed E-state index contributed by atoms with van der Waals surface area (Å²) in [7, 11) is 0. The second kappa shape index (κ2) is 7.76. The fraction of sp³-hybridized carbons (Fsp3) is 0.500. The standard InChI is InChI=1S/C16H22FNO3/c1-11(2)18(9-8-16(20)21)15(19)10-12(3)13-4-6-14(17)7-5-13/h4-7,11-12H,8-10H2,1-3H3,(H,20,21). The molecule has 0 saturated carbocycles. The van der Waals surface area contributed by atoms with Crippen LogP contribution in [0.2, 0.25) is 0 Å². The van der Waals surface area contributed by atoms with E-state index in [4.69, 9.17) is 5.11 Å². The zero-order valence-electron chi connectivity index (χ0n) is 12.7. The number of benzene rings is 1. The van der Waals surface area contributed by atoms with Crippen LogP contribution in [0.5, 0.6) is 0 Å². The Bertz CT molecular complexity index is 485. The second-order valence-corrected chi connectivity index (χ2v) is 5.48. The highest BCUT2D eigenvalue weighted by Crippen LogP contribution is 2.21. The lowest BCUT2D eigenvalue weighted by Crippen LogP contribution is -2.39. The molecular formula is C16H22FNO3. The number of hydrogen-bond donors (Lipinski definition) is 1. The molecule has 4 nitrogen and oxygen atoms in total. The van der Waals surface area contributed by atoms with Crippen LogP contribution in [0, 0.1) is 5.82 Å². The van der Waals surface area contributed by atoms with Crippen LogP contribution in [0.4, 0.5) is 4.39 Å². The Balaban J connectivity index is 2.67. The minimum absolute atomic E-state index is 0.0378. The Morgan fingerprint density at radius 3 is 2.24 bits per heavy atom. The number of rotatable bonds is 7. The van der Waals surface area contributed by atoms with E-state index in [0.717, 1.165) is 5.56 Å². The first-order chi connectivity index (χ1) is 9.81. The molecule has 1 N–H and O–H groups in total. The third-order valence-electron chi connectivity index (χ3n) is 3.43. The van der Waals surface area contributed by atoms with E-state index in [-0.39, 0.29) is 43.1 Å². The average molecular weight is 295 g/mol. The number of nitrogens with zero attached hydrogens (tertiary/aromatic N) is 1. The van der Waals surface area contributed by atoms with Crippen LogP contribution in [0.15, 0.2) is 24.3 Å². The summed E-state index contributed by atoms with van der Waals surface area (Å²) >= 11 is 0. The molecule has 1 aromatic carbocycles. The van der Waals surface area contributed by atoms with Crippen molar-refractivity contribution in [1.29, 1.82) is 0 Å². The predicted octanol–water partition coefficient (Wildman–Crippen LogP) is 3.03. The summed E-state index contributed by atoms with van der Waals surface area (Å²) in [5.74, 6) is -1.34. The Labute approximate surface area is 124 Å². The van der Waals surface area contributed by atoms with E-state index in [1.165, 1.54) is 12.1 Å². The van der Waals surface area contributed by atoms with Crippen LogP contribution in [-0.2, 0) is 9.59 Å². The lowest BCUT2D eigenvalue weighted by atomic mass is 9.97. The van der Waals surface area contributed by atoms with Gasteiger partial charge in [-0.3, -0.25) is 9.59 Å². The first kappa shape index (κ1) is 17.1. The van der Waals surface area contributed by atoms with Gasteiger partial charge in [-0.2, -0.15) is 0 Å². The van der Waals surface area contributed by atoms with Crippen LogP contribution >= 0.6 is 0 Å². The summed E-state index contributed by atoms with van der Waals surface area (Å²) < 4.78 is 12.9. The second-order valence-electron chi connectivity index (χ2n) is 5.48. The molecule has 116 valence electrons. The van der Waals surface area contributed by atoms with Gasteiger partial charge >= 0.3 is 5.97 Å². The van der Waals surface area contributed by atoms with Crippen molar-refractivity contribution in [2.24, 2.45) is 0 Å². The van der Waals surface area contributed by atoms with Gasteiger partial charge in [0.1, 0.15) is 5.82 Å². The first-order valence-corrected chi connectivity index (χ1v) is 7.08. The molecule has 0 spiro atoms. The maximum absolute atomic E-state index is 12.9. The molecule has 1 unspecified atom stereocenters. The molecule has 21 heavy (non-hydrogen) atoms. The molecule has 1 atom stereocenters. The van der Waals surface area contributed by atoms with Crippen molar-refractivity contribution in [2.45, 2.75) is 45.6 Å². The number of carbonyl (C=O) groups excluding carboxylic acids is 1. The lowest BCUT2D eigenvalue weighted by Gasteiger charge is -2.27. The normalized spacial score (nSPS) is 12.2. The highest BCUT2D eigenvalue weighted by molar-refractivity contribution is 5.78. The van der Waals surface area contributed by atoms with Crippen LogP contribution < -0.4 is 0 Å². The van der Waals surface area contributed by atoms with Gasteiger partial charge in [0.15, 0.2) is 0 Å². The van der Waals surface area contributed by atoms with Crippen LogP contribution in [0.3, 0.4) is 0 Å². The minimum Gasteiger partial charge on any atom is -0.481 e. The predicted molar refractivity (Wildman–Crippen MR) is 78.5 cm³/mol. The largest absolute Gasteiger partial charge is 0.481 e. The van der Waals surface area contributed by atoms with Crippen LogP contribution in [-0.4, -0.2) is 34.5 Å². The maximum atomic E-state index is 12.9. The fourth-order valence-corrected chi connectivity index (χ4v) is 2.18. The summed E-state index contributed by atoms with van der Waals surface area (Å²) in [5.41, 5.74) is 0.895. The molecule has 1 aromatic rings. The van der Waals surface area contributed by atoms with Crippen molar-refractivity contribution in [2.75, 3.05) is 6.54 Å². The summed E-state index contributed by atoms with van der Waals surface area (Å²) in [5, 5.41) is 8.74. The molecular weight excluding hydrogens is 273 g/mol. The lowest BCUT2D eigenvalue weighted by molar-refractivity contribution is -0.139. The van der Waals surface area contributed by atoms with Crippen molar-refractivity contribution in [3.8, 4) is 0 Å². The maximum Gasteiger partial charge on any atom is 0.305 e. The molecule has 1 rings (SSSR count). The van der Waals surface area contributed by atoms with Gasteiger partial charge in [-0.05, 0) is 37.5 Å². The molecule has 1 amide bonds. The van der Waals surface area contributed by atoms with Crippen molar-refractivity contribution < 1.29 is 19.1 Å². The number of halogens is 1. The van der Waals surface area contributed by atoms with Crippen molar-refractivity contribution >= 4 is 11.9 Å². The van der Waals surface area contributed by atoms with Gasteiger partial charge in [0.2, 0.25) is 5.91 Å². The van der Waals surface area contributed by atoms with Crippen molar-refractivity contribution in [1.82, 2.24) is 4.90 Å². The summed E-state index contributed by atoms with van der Waals surface area (Å²) in [4.78, 5) is 24.5. The molecule has 0 heterocycles. The number of carboxylic acids is 1. The zero-order valence-corrected chi connectivity index (χ0v) is 12.7. The Morgan fingerprint density at radius 1 is 1.19 bits per heavy atom. The summed E-state index contributed by atoms with van der Waals surface area (Å²) in [6, 6.07) is 6.05. The SMILES string of the molecule is CC(CC(=O)N(CCC(=O)O)C(C)C)c1ccc(F)cc1. The number of hydrogen-bond acceptors (Lipinski definition) is 2. The van der Waals surface area contributed by atoms with E-state index in [9.17, 15) is 14.0 Å². The van der Waals surface area contributed by atoms with Crippen molar-refractivity contribution in [3.63, 3.8) is 0 Å². The van der Waals surface area contributed by atoms with Crippen molar-refractivity contribution in [3.05, 3.63) is 35.6 Å². The van der Waals surface area contributed by atoms with Crippen LogP contribution in [0.25, 0.3) is 0 Å². The van der Waals surface area contributed by atoms with Gasteiger partial charge in [-0.15, -0.1) is 0 Å². The molecule has 0 aliphatic carbocycles. The van der Waals surface area contributed by atoms with E-state index < -0.39 is 5.97 Å². The Morgan fingerprint density at radius 2 is 1.76 bits per heavy atom. The fourth-order valence-electron chi connectivity index (χ4n) is 2.18. The number of amides is 1. The van der Waals surface area contributed by atoms with E-state index in [1.54, 1.807) is 17.0 Å². The molecule has 0 bridgehead atoms. The molecule has 5 heteroatoms. The highest BCUT2D eigenvalue weighted by Gasteiger charge is 2.20. The average Bonchev–Trinajstić information content (AvgIpc) is 2.38. The molecule has 0 radical (unpaired) electrons. The Hall–Kier alpha value is -1.91. The smallest absolute Gasteiger partial charge is 0.305 e. The van der Waals surface area contributed by atoms with E-state index in [0.29, 0.717) is 0 Å². The van der Waals surface area contributed by atoms with E-state index >= 15 is 0 Å². The molecule has 0 aliphatic rings. The van der Waals surface area contributed by atoms with Gasteiger partial charge in [0.25, 0.3) is 0 Å². The van der Waals surface area contributed by atoms with Crippen LogP contribution in [0.1, 0.15) is 45.1 Å². The first-order valence-electron chi connectivity index (χ1n) is 7.08. The topological polar surface area (TPSA) is 57.6 Å². The van der Waals surface area contributed by atoms with Gasteiger partial charge in [-0.25, -0.2) is 4.39 Å². The zero-order chi connectivity index (χ0) is 16.0. The molecule has 0 aromatic heterocycles. The molecule has 0 aliphatic heterocycles. The quantitative estimate of drug-likeness (QED) is 0.841. The number of aliphatic carboxylic acids is 1. The van der Waals surface area contributed by atoms with E-state index in [1.807, 2.05) is 20.8 Å². The molecule has 0 saturated heterocycles. The van der Waals surface area contributed by atoms with Gasteiger partial charge in [0, 0.05) is 19.0 Å². The summed E-state index contributed by atoms with van der Waals surface area (Å²) in [6.45, 7) is 5.84. The molecule has 0 fully saturated rings. The van der Waals surface area contributed by atoms with Gasteiger partial charge < -0.3 is 10.0 Å². The number of carbonyl (C=O) groups is 2. The highest BCUT2D eigenvalue weighted by atomic mass is 19.1. The Kier molecular flexibility index (Phi) is 6.34. The third-order valence-corrected chi connectivity index (χ3v) is 3.43. The third kappa shape index (κ3) is 5.53. The minimum atomic E-state index is -0.917. The van der Waals surface area contributed by atoms with Gasteiger partial charge in [-0.1, -0.05) is 19.1 Å². The number of carboxylic acid groups (broad SMARTS) is 1. The van der Waals surface area contributed by atoms with E-state index in [2.05, 4.69) is 0 Å².